The quantitative estimate of drug-likeness (QED) is 0.773. The molecule has 6 heteroatoms. The molecule has 0 N–H and O–H groups in total. The van der Waals surface area contributed by atoms with E-state index in [4.69, 9.17) is 10.7 Å². The normalized spacial score (nSPS) is 11.6. The van der Waals surface area contributed by atoms with Crippen molar-refractivity contribution in [2.24, 2.45) is 7.05 Å². The smallest absolute Gasteiger partial charge is 0.261 e. The van der Waals surface area contributed by atoms with Gasteiger partial charge in [0.15, 0.2) is 0 Å². The van der Waals surface area contributed by atoms with E-state index in [9.17, 15) is 8.42 Å². The number of aryl methyl sites for hydroxylation is 1. The van der Waals surface area contributed by atoms with Crippen LogP contribution in [0.3, 0.4) is 0 Å². The third-order valence-corrected chi connectivity index (χ3v) is 3.58. The highest BCUT2D eigenvalue weighted by Crippen LogP contribution is 2.23. The van der Waals surface area contributed by atoms with Crippen molar-refractivity contribution < 1.29 is 8.42 Å². The zero-order valence-electron chi connectivity index (χ0n) is 8.46. The molecule has 0 aliphatic carbocycles. The lowest BCUT2D eigenvalue weighted by Gasteiger charge is -2.03. The molecule has 1 aromatic carbocycles. The van der Waals surface area contributed by atoms with Crippen LogP contribution >= 0.6 is 10.7 Å². The van der Waals surface area contributed by atoms with Crippen LogP contribution in [0.25, 0.3) is 11.3 Å². The van der Waals surface area contributed by atoms with Crippen LogP contribution in [0.2, 0.25) is 0 Å². The number of halogens is 1. The van der Waals surface area contributed by atoms with Gasteiger partial charge in [0, 0.05) is 29.5 Å². The summed E-state index contributed by atoms with van der Waals surface area (Å²) >= 11 is 0. The number of hydrogen-bond acceptors (Lipinski definition) is 3. The molecule has 0 radical (unpaired) electrons. The molecule has 0 bridgehead atoms. The fourth-order valence-electron chi connectivity index (χ4n) is 1.46. The molecule has 0 fully saturated rings. The first-order valence-corrected chi connectivity index (χ1v) is 6.82. The Kier molecular flexibility index (Phi) is 2.73. The predicted octanol–water partition coefficient (Wildman–Crippen LogP) is 2.01. The molecule has 0 spiro atoms. The van der Waals surface area contributed by atoms with E-state index in [1.165, 1.54) is 12.1 Å². The van der Waals surface area contributed by atoms with Crippen molar-refractivity contribution in [1.82, 2.24) is 9.78 Å². The van der Waals surface area contributed by atoms with Crippen molar-refractivity contribution in [2.45, 2.75) is 4.90 Å². The molecule has 1 heterocycles. The summed E-state index contributed by atoms with van der Waals surface area (Å²) in [5.41, 5.74) is 1.60. The molecule has 0 amide bonds. The first-order valence-electron chi connectivity index (χ1n) is 4.51. The summed E-state index contributed by atoms with van der Waals surface area (Å²) in [7, 11) is 3.38. The van der Waals surface area contributed by atoms with Crippen molar-refractivity contribution >= 4 is 19.7 Å². The van der Waals surface area contributed by atoms with Gasteiger partial charge in [-0.1, -0.05) is 12.1 Å². The Bertz CT molecular complexity index is 619. The van der Waals surface area contributed by atoms with Gasteiger partial charge in [-0.15, -0.1) is 0 Å². The second-order valence-corrected chi connectivity index (χ2v) is 5.87. The average molecular weight is 257 g/mol. The van der Waals surface area contributed by atoms with E-state index < -0.39 is 9.05 Å². The van der Waals surface area contributed by atoms with E-state index in [1.807, 2.05) is 6.07 Å². The van der Waals surface area contributed by atoms with Gasteiger partial charge < -0.3 is 0 Å². The first-order chi connectivity index (χ1) is 7.48. The maximum Gasteiger partial charge on any atom is 0.261 e. The number of rotatable bonds is 2. The summed E-state index contributed by atoms with van der Waals surface area (Å²) in [4.78, 5) is 0.0906. The SMILES string of the molecule is Cn1nccc1-c1cccc(S(=O)(=O)Cl)c1. The fraction of sp³-hybridized carbons (Fsp3) is 0.100. The van der Waals surface area contributed by atoms with Crippen molar-refractivity contribution in [3.8, 4) is 11.3 Å². The molecule has 2 rings (SSSR count). The number of aromatic nitrogens is 2. The van der Waals surface area contributed by atoms with Crippen molar-refractivity contribution in [3.63, 3.8) is 0 Å². The average Bonchev–Trinajstić information content (AvgIpc) is 2.63. The van der Waals surface area contributed by atoms with Gasteiger partial charge in [-0.25, -0.2) is 8.42 Å². The van der Waals surface area contributed by atoms with Crippen LogP contribution < -0.4 is 0 Å². The van der Waals surface area contributed by atoms with Crippen LogP contribution in [0.5, 0.6) is 0 Å². The molecule has 84 valence electrons. The highest BCUT2D eigenvalue weighted by atomic mass is 35.7. The minimum atomic E-state index is -3.69. The van der Waals surface area contributed by atoms with Crippen LogP contribution in [-0.2, 0) is 16.1 Å². The number of benzene rings is 1. The van der Waals surface area contributed by atoms with Crippen molar-refractivity contribution in [2.75, 3.05) is 0 Å². The van der Waals surface area contributed by atoms with Crippen molar-refractivity contribution in [1.29, 1.82) is 0 Å². The van der Waals surface area contributed by atoms with Gasteiger partial charge >= 0.3 is 0 Å². The van der Waals surface area contributed by atoms with Gasteiger partial charge in [-0.3, -0.25) is 4.68 Å². The molecule has 0 aliphatic heterocycles. The third-order valence-electron chi connectivity index (χ3n) is 2.23. The lowest BCUT2D eigenvalue weighted by molar-refractivity contribution is 0.609. The summed E-state index contributed by atoms with van der Waals surface area (Å²) in [5, 5.41) is 4.02. The highest BCUT2D eigenvalue weighted by molar-refractivity contribution is 8.13. The third kappa shape index (κ3) is 2.10. The van der Waals surface area contributed by atoms with E-state index in [0.717, 1.165) is 11.3 Å². The largest absolute Gasteiger partial charge is 0.268 e. The van der Waals surface area contributed by atoms with Gasteiger partial charge in [-0.05, 0) is 18.2 Å². The zero-order valence-corrected chi connectivity index (χ0v) is 10.0. The number of hydrogen-bond donors (Lipinski definition) is 0. The lowest BCUT2D eigenvalue weighted by atomic mass is 10.1. The molecule has 1 aromatic heterocycles. The molecular weight excluding hydrogens is 248 g/mol. The topological polar surface area (TPSA) is 52.0 Å². The summed E-state index contributed by atoms with van der Waals surface area (Å²) in [5.74, 6) is 0. The van der Waals surface area contributed by atoms with Crippen molar-refractivity contribution in [3.05, 3.63) is 36.5 Å². The van der Waals surface area contributed by atoms with Gasteiger partial charge in [0.05, 0.1) is 10.6 Å². The molecule has 2 aromatic rings. The van der Waals surface area contributed by atoms with Gasteiger partial charge in [0.25, 0.3) is 9.05 Å². The Hall–Kier alpha value is -1.33. The summed E-state index contributed by atoms with van der Waals surface area (Å²) < 4.78 is 24.0. The van der Waals surface area contributed by atoms with Crippen LogP contribution in [0.1, 0.15) is 0 Å². The lowest BCUT2D eigenvalue weighted by Crippen LogP contribution is -1.95. The molecule has 4 nitrogen and oxygen atoms in total. The molecule has 0 unspecified atom stereocenters. The maximum absolute atomic E-state index is 11.2. The van der Waals surface area contributed by atoms with Crippen LogP contribution in [0.15, 0.2) is 41.4 Å². The summed E-state index contributed by atoms with van der Waals surface area (Å²) in [6.45, 7) is 0. The van der Waals surface area contributed by atoms with Gasteiger partial charge in [0.1, 0.15) is 0 Å². The summed E-state index contributed by atoms with van der Waals surface area (Å²) in [6, 6.07) is 8.25. The minimum absolute atomic E-state index is 0.0906. The number of nitrogens with zero attached hydrogens (tertiary/aromatic N) is 2. The molecule has 0 saturated carbocycles. The molecular formula is C10H9ClN2O2S. The highest BCUT2D eigenvalue weighted by Gasteiger charge is 2.11. The molecule has 0 saturated heterocycles. The van der Waals surface area contributed by atoms with E-state index in [2.05, 4.69) is 5.10 Å². The predicted molar refractivity (Wildman–Crippen MR) is 61.7 cm³/mol. The second-order valence-electron chi connectivity index (χ2n) is 3.31. The minimum Gasteiger partial charge on any atom is -0.268 e. The summed E-state index contributed by atoms with van der Waals surface area (Å²) in [6.07, 6.45) is 1.65. The van der Waals surface area contributed by atoms with Crippen LogP contribution in [-0.4, -0.2) is 18.2 Å². The Morgan fingerprint density at radius 3 is 2.62 bits per heavy atom. The Labute approximate surface area is 97.9 Å². The monoisotopic (exact) mass is 256 g/mol. The van der Waals surface area contributed by atoms with E-state index >= 15 is 0 Å². The Morgan fingerprint density at radius 2 is 2.06 bits per heavy atom. The van der Waals surface area contributed by atoms with Crippen LogP contribution in [0.4, 0.5) is 0 Å². The Balaban J connectivity index is 2.57. The Morgan fingerprint density at radius 1 is 1.31 bits per heavy atom. The molecule has 16 heavy (non-hydrogen) atoms. The van der Waals surface area contributed by atoms with E-state index in [1.54, 1.807) is 30.1 Å². The molecule has 0 atom stereocenters. The maximum atomic E-state index is 11.2. The first kappa shape index (κ1) is 11.2. The fourth-order valence-corrected chi connectivity index (χ4v) is 2.26. The zero-order chi connectivity index (χ0) is 11.8. The molecule has 0 aliphatic rings. The standard InChI is InChI=1S/C10H9ClN2O2S/c1-13-10(5-6-12-13)8-3-2-4-9(7-8)16(11,14)15/h2-7H,1H3. The van der Waals surface area contributed by atoms with E-state index in [0.29, 0.717) is 0 Å². The van der Waals surface area contributed by atoms with Crippen LogP contribution in [0, 0.1) is 0 Å². The second kappa shape index (κ2) is 3.92. The van der Waals surface area contributed by atoms with E-state index in [-0.39, 0.29) is 4.90 Å². The van der Waals surface area contributed by atoms with Gasteiger partial charge in [0.2, 0.25) is 0 Å². The van der Waals surface area contributed by atoms with Gasteiger partial charge in [-0.2, -0.15) is 5.10 Å².